The van der Waals surface area contributed by atoms with E-state index in [9.17, 15) is 4.79 Å². The van der Waals surface area contributed by atoms with E-state index in [1.165, 1.54) is 7.11 Å². The average molecular weight is 304 g/mol. The lowest BCUT2D eigenvalue weighted by atomic mass is 10.0. The molecule has 0 bridgehead atoms. The molecule has 0 aliphatic carbocycles. The number of benzene rings is 1. The third-order valence-electron chi connectivity index (χ3n) is 3.57. The molecular formula is C16H20N2O2S. The molecule has 0 spiro atoms. The Morgan fingerprint density at radius 1 is 1.43 bits per heavy atom. The van der Waals surface area contributed by atoms with Crippen LogP contribution in [-0.2, 0) is 9.53 Å². The first kappa shape index (κ1) is 15.9. The number of nitriles is 1. The first-order valence-electron chi connectivity index (χ1n) is 7.02. The van der Waals surface area contributed by atoms with Gasteiger partial charge in [-0.1, -0.05) is 26.0 Å². The van der Waals surface area contributed by atoms with Crippen molar-refractivity contribution in [2.24, 2.45) is 0 Å². The highest BCUT2D eigenvalue weighted by Gasteiger charge is 2.33. The van der Waals surface area contributed by atoms with Crippen LogP contribution in [0.2, 0.25) is 0 Å². The SMILES string of the molecule is COC(=O)[C@H](c1cccc(C#N)c1)N1C[C@H](C)S[C@@H](C)C1. The molecule has 0 saturated carbocycles. The minimum Gasteiger partial charge on any atom is -0.468 e. The predicted octanol–water partition coefficient (Wildman–Crippen LogP) is 2.60. The lowest BCUT2D eigenvalue weighted by Gasteiger charge is -2.38. The van der Waals surface area contributed by atoms with Gasteiger partial charge in [-0.15, -0.1) is 0 Å². The molecule has 0 radical (unpaired) electrons. The number of rotatable bonds is 3. The van der Waals surface area contributed by atoms with Crippen molar-refractivity contribution in [3.63, 3.8) is 0 Å². The van der Waals surface area contributed by atoms with E-state index in [-0.39, 0.29) is 5.97 Å². The molecule has 3 atom stereocenters. The second kappa shape index (κ2) is 6.97. The van der Waals surface area contributed by atoms with Gasteiger partial charge in [0.1, 0.15) is 6.04 Å². The Bertz CT molecular complexity index is 545. The lowest BCUT2D eigenvalue weighted by Crippen LogP contribution is -2.45. The Hall–Kier alpha value is -1.51. The van der Waals surface area contributed by atoms with Crippen LogP contribution in [0.15, 0.2) is 24.3 Å². The molecule has 1 fully saturated rings. The van der Waals surface area contributed by atoms with Crippen LogP contribution in [0.5, 0.6) is 0 Å². The number of carbonyl (C=O) groups excluding carboxylic acids is 1. The molecular weight excluding hydrogens is 284 g/mol. The van der Waals surface area contributed by atoms with Crippen LogP contribution < -0.4 is 0 Å². The summed E-state index contributed by atoms with van der Waals surface area (Å²) in [4.78, 5) is 14.4. The molecule has 5 heteroatoms. The summed E-state index contributed by atoms with van der Waals surface area (Å²) >= 11 is 1.94. The molecule has 1 aromatic carbocycles. The van der Waals surface area contributed by atoms with Gasteiger partial charge < -0.3 is 4.74 Å². The highest BCUT2D eigenvalue weighted by molar-refractivity contribution is 8.00. The number of nitrogens with zero attached hydrogens (tertiary/aromatic N) is 2. The van der Waals surface area contributed by atoms with Crippen LogP contribution in [0.1, 0.15) is 31.0 Å². The van der Waals surface area contributed by atoms with Gasteiger partial charge in [0.2, 0.25) is 0 Å². The van der Waals surface area contributed by atoms with Crippen molar-refractivity contribution < 1.29 is 9.53 Å². The maximum Gasteiger partial charge on any atom is 0.327 e. The van der Waals surface area contributed by atoms with Crippen LogP contribution in [0.4, 0.5) is 0 Å². The van der Waals surface area contributed by atoms with Gasteiger partial charge in [0.25, 0.3) is 0 Å². The maximum atomic E-state index is 12.3. The van der Waals surface area contributed by atoms with Crippen LogP contribution in [0, 0.1) is 11.3 Å². The van der Waals surface area contributed by atoms with Crippen molar-refractivity contribution in [1.29, 1.82) is 5.26 Å². The third kappa shape index (κ3) is 3.78. The zero-order valence-corrected chi connectivity index (χ0v) is 13.4. The Kier molecular flexibility index (Phi) is 5.27. The fourth-order valence-electron chi connectivity index (χ4n) is 2.81. The van der Waals surface area contributed by atoms with Gasteiger partial charge in [-0.25, -0.2) is 4.79 Å². The predicted molar refractivity (Wildman–Crippen MR) is 84.0 cm³/mol. The van der Waals surface area contributed by atoms with E-state index in [0.717, 1.165) is 18.7 Å². The molecule has 4 nitrogen and oxygen atoms in total. The molecule has 21 heavy (non-hydrogen) atoms. The van der Waals surface area contributed by atoms with Crippen molar-refractivity contribution in [2.45, 2.75) is 30.4 Å². The first-order valence-corrected chi connectivity index (χ1v) is 7.96. The standard InChI is InChI=1S/C16H20N2O2S/c1-11-9-18(10-12(2)21-11)15(16(19)20-3)14-6-4-5-13(7-14)8-17/h4-7,11-12,15H,9-10H2,1-3H3/t11-,12-,15-/m0/s1. The molecule has 0 amide bonds. The smallest absolute Gasteiger partial charge is 0.327 e. The summed E-state index contributed by atoms with van der Waals surface area (Å²) in [5, 5.41) is 10.00. The third-order valence-corrected chi connectivity index (χ3v) is 4.80. The van der Waals surface area contributed by atoms with E-state index < -0.39 is 6.04 Å². The molecule has 1 saturated heterocycles. The fraction of sp³-hybridized carbons (Fsp3) is 0.500. The van der Waals surface area contributed by atoms with E-state index in [1.54, 1.807) is 12.1 Å². The molecule has 112 valence electrons. The van der Waals surface area contributed by atoms with Gasteiger partial charge >= 0.3 is 5.97 Å². The highest BCUT2D eigenvalue weighted by atomic mass is 32.2. The van der Waals surface area contributed by atoms with Gasteiger partial charge in [0, 0.05) is 23.6 Å². The Balaban J connectivity index is 2.34. The molecule has 2 rings (SSSR count). The fourth-order valence-corrected chi connectivity index (χ4v) is 4.16. The van der Waals surface area contributed by atoms with Crippen LogP contribution in [0.3, 0.4) is 0 Å². The van der Waals surface area contributed by atoms with E-state index in [0.29, 0.717) is 16.1 Å². The lowest BCUT2D eigenvalue weighted by molar-refractivity contribution is -0.147. The zero-order chi connectivity index (χ0) is 15.4. The van der Waals surface area contributed by atoms with Gasteiger partial charge in [0.15, 0.2) is 0 Å². The van der Waals surface area contributed by atoms with E-state index in [4.69, 9.17) is 10.00 Å². The number of methoxy groups -OCH3 is 1. The quantitative estimate of drug-likeness (QED) is 0.803. The van der Waals surface area contributed by atoms with Gasteiger partial charge in [0.05, 0.1) is 18.7 Å². The topological polar surface area (TPSA) is 53.3 Å². The summed E-state index contributed by atoms with van der Waals surface area (Å²) < 4.78 is 4.99. The Morgan fingerprint density at radius 3 is 2.67 bits per heavy atom. The molecule has 0 unspecified atom stereocenters. The van der Waals surface area contributed by atoms with Crippen molar-refractivity contribution in [3.8, 4) is 6.07 Å². The summed E-state index contributed by atoms with van der Waals surface area (Å²) in [6.45, 7) is 6.03. The number of hydrogen-bond acceptors (Lipinski definition) is 5. The second-order valence-corrected chi connectivity index (χ2v) is 7.26. The van der Waals surface area contributed by atoms with Crippen molar-refractivity contribution in [3.05, 3.63) is 35.4 Å². The zero-order valence-electron chi connectivity index (χ0n) is 12.6. The van der Waals surface area contributed by atoms with Crippen LogP contribution >= 0.6 is 11.8 Å². The molecule has 1 heterocycles. The Labute approximate surface area is 130 Å². The molecule has 0 aromatic heterocycles. The van der Waals surface area contributed by atoms with E-state index in [2.05, 4.69) is 24.8 Å². The minimum absolute atomic E-state index is 0.267. The highest BCUT2D eigenvalue weighted by Crippen LogP contribution is 2.32. The summed E-state index contributed by atoms with van der Waals surface area (Å²) in [5.41, 5.74) is 1.39. The molecule has 0 N–H and O–H groups in total. The van der Waals surface area contributed by atoms with Gasteiger partial charge in [-0.05, 0) is 17.7 Å². The monoisotopic (exact) mass is 304 g/mol. The van der Waals surface area contributed by atoms with Crippen molar-refractivity contribution >= 4 is 17.7 Å². The largest absolute Gasteiger partial charge is 0.468 e. The summed E-state index contributed by atoms with van der Waals surface area (Å²) in [6.07, 6.45) is 0. The Morgan fingerprint density at radius 2 is 2.10 bits per heavy atom. The van der Waals surface area contributed by atoms with Gasteiger partial charge in [-0.3, -0.25) is 4.90 Å². The van der Waals surface area contributed by atoms with Crippen molar-refractivity contribution in [2.75, 3.05) is 20.2 Å². The minimum atomic E-state index is -0.436. The van der Waals surface area contributed by atoms with E-state index >= 15 is 0 Å². The van der Waals surface area contributed by atoms with E-state index in [1.807, 2.05) is 23.9 Å². The summed E-state index contributed by atoms with van der Waals surface area (Å²) in [5.74, 6) is -0.267. The maximum absolute atomic E-state index is 12.3. The number of ether oxygens (including phenoxy) is 1. The summed E-state index contributed by atoms with van der Waals surface area (Å²) in [7, 11) is 1.41. The number of thioether (sulfide) groups is 1. The van der Waals surface area contributed by atoms with Gasteiger partial charge in [-0.2, -0.15) is 17.0 Å². The average Bonchev–Trinajstić information content (AvgIpc) is 2.46. The molecule has 1 aliphatic heterocycles. The number of hydrogen-bond donors (Lipinski definition) is 0. The normalized spacial score (nSPS) is 24.1. The van der Waals surface area contributed by atoms with Crippen LogP contribution in [0.25, 0.3) is 0 Å². The number of carbonyl (C=O) groups is 1. The first-order chi connectivity index (χ1) is 10.0. The second-order valence-electron chi connectivity index (χ2n) is 5.37. The van der Waals surface area contributed by atoms with Crippen molar-refractivity contribution in [1.82, 2.24) is 4.90 Å². The van der Waals surface area contributed by atoms with Crippen LogP contribution in [-0.4, -0.2) is 41.6 Å². The molecule has 1 aliphatic rings. The molecule has 1 aromatic rings. The number of esters is 1. The summed E-state index contributed by atoms with van der Waals surface area (Å²) in [6, 6.07) is 8.91.